The van der Waals surface area contributed by atoms with Crippen molar-refractivity contribution in [3.05, 3.63) is 53.8 Å². The minimum Gasteiger partial charge on any atom is -0.491 e. The molecule has 0 spiro atoms. The first kappa shape index (κ1) is 27.9. The van der Waals surface area contributed by atoms with Crippen molar-refractivity contribution in [2.24, 2.45) is 5.92 Å². The number of amides is 4. The lowest BCUT2D eigenvalue weighted by Crippen LogP contribution is -2.48. The van der Waals surface area contributed by atoms with Crippen molar-refractivity contribution in [1.82, 2.24) is 9.80 Å². The number of halogens is 1. The molecule has 0 radical (unpaired) electrons. The fraction of sp³-hybridized carbons (Fsp3) is 0.444. The number of likely N-dealkylation sites (N-methyl/N-ethyl adjacent to an activating group) is 1. The number of methoxy groups -OCH3 is 1. The van der Waals surface area contributed by atoms with Crippen molar-refractivity contribution in [3.8, 4) is 5.75 Å². The summed E-state index contributed by atoms with van der Waals surface area (Å²) >= 11 is 0. The number of hydrogen-bond donors (Lipinski definition) is 2. The summed E-state index contributed by atoms with van der Waals surface area (Å²) in [4.78, 5) is 41.9. The molecule has 0 unspecified atom stereocenters. The van der Waals surface area contributed by atoms with Crippen LogP contribution in [0.3, 0.4) is 0 Å². The molecule has 37 heavy (non-hydrogen) atoms. The molecule has 0 saturated heterocycles. The molecule has 2 N–H and O–H groups in total. The van der Waals surface area contributed by atoms with E-state index in [4.69, 9.17) is 9.47 Å². The molecule has 2 aromatic carbocycles. The Kier molecular flexibility index (Phi) is 9.46. The fourth-order valence-electron chi connectivity index (χ4n) is 4.26. The summed E-state index contributed by atoms with van der Waals surface area (Å²) in [5, 5.41) is 5.25. The molecular weight excluding hydrogens is 479 g/mol. The molecule has 200 valence electrons. The molecule has 0 aromatic heterocycles. The van der Waals surface area contributed by atoms with Crippen molar-refractivity contribution in [3.63, 3.8) is 0 Å². The van der Waals surface area contributed by atoms with E-state index in [1.54, 1.807) is 48.2 Å². The van der Waals surface area contributed by atoms with Gasteiger partial charge in [-0.25, -0.2) is 9.18 Å². The van der Waals surface area contributed by atoms with E-state index in [2.05, 4.69) is 10.6 Å². The van der Waals surface area contributed by atoms with Crippen molar-refractivity contribution < 1.29 is 28.2 Å². The number of anilines is 2. The molecule has 10 heteroatoms. The Bertz CT molecular complexity index is 1130. The van der Waals surface area contributed by atoms with E-state index in [0.717, 1.165) is 0 Å². The maximum Gasteiger partial charge on any atom is 0.323 e. The molecule has 0 bridgehead atoms. The fourth-order valence-corrected chi connectivity index (χ4v) is 4.26. The highest BCUT2D eigenvalue weighted by molar-refractivity contribution is 6.01. The Hall–Kier alpha value is -3.66. The van der Waals surface area contributed by atoms with Crippen molar-refractivity contribution in [2.45, 2.75) is 39.3 Å². The van der Waals surface area contributed by atoms with Crippen LogP contribution in [0.1, 0.15) is 37.6 Å². The summed E-state index contributed by atoms with van der Waals surface area (Å²) in [5.74, 6) is -0.457. The number of ether oxygens (including phenoxy) is 2. The minimum atomic E-state index is -0.577. The minimum absolute atomic E-state index is 0.00366. The topological polar surface area (TPSA) is 100 Å². The largest absolute Gasteiger partial charge is 0.491 e. The molecular formula is C27H35FN4O5. The quantitative estimate of drug-likeness (QED) is 0.637. The van der Waals surface area contributed by atoms with Gasteiger partial charge in [0.1, 0.15) is 18.2 Å². The molecule has 1 aliphatic heterocycles. The van der Waals surface area contributed by atoms with E-state index < -0.39 is 11.8 Å². The van der Waals surface area contributed by atoms with Gasteiger partial charge in [-0.3, -0.25) is 9.59 Å². The first-order valence-corrected chi connectivity index (χ1v) is 12.3. The highest BCUT2D eigenvalue weighted by atomic mass is 19.1. The second-order valence-corrected chi connectivity index (χ2v) is 9.30. The van der Waals surface area contributed by atoms with Crippen LogP contribution in [0.4, 0.5) is 20.6 Å². The number of hydrogen-bond acceptors (Lipinski definition) is 5. The monoisotopic (exact) mass is 514 g/mol. The molecule has 9 nitrogen and oxygen atoms in total. The molecule has 4 amide bonds. The molecule has 0 saturated carbocycles. The van der Waals surface area contributed by atoms with Gasteiger partial charge in [-0.2, -0.15) is 0 Å². The Morgan fingerprint density at radius 3 is 2.46 bits per heavy atom. The zero-order valence-electron chi connectivity index (χ0n) is 21.9. The Balaban J connectivity index is 1.88. The standard InChI is InChI=1S/C27H35FN4O5/c1-6-25(33)32-14-17(2)24(36-5)15-31(4)26(34)22-11-10-21(13-23(22)37-16-18(32)3)30-27(35)29-20-9-7-8-19(28)12-20/h7-13,17-18,24H,6,14-16H2,1-5H3,(H2,29,30,35)/t17-,18+,24-/m1/s1. The molecule has 1 heterocycles. The average Bonchev–Trinajstić information content (AvgIpc) is 2.87. The first-order valence-electron chi connectivity index (χ1n) is 12.3. The lowest BCUT2D eigenvalue weighted by atomic mass is 10.0. The number of nitrogens with zero attached hydrogens (tertiary/aromatic N) is 2. The second-order valence-electron chi connectivity index (χ2n) is 9.30. The first-order chi connectivity index (χ1) is 17.6. The molecule has 1 aliphatic rings. The van der Waals surface area contributed by atoms with Crippen LogP contribution in [-0.4, -0.2) is 73.6 Å². The maximum absolute atomic E-state index is 13.4. The van der Waals surface area contributed by atoms with Gasteiger partial charge in [-0.05, 0) is 37.3 Å². The smallest absolute Gasteiger partial charge is 0.323 e. The summed E-state index contributed by atoms with van der Waals surface area (Å²) in [5.41, 5.74) is 1.00. The van der Waals surface area contributed by atoms with E-state index in [-0.39, 0.29) is 42.2 Å². The number of benzene rings is 2. The normalized spacial score (nSPS) is 20.7. The Morgan fingerprint density at radius 2 is 1.81 bits per heavy atom. The van der Waals surface area contributed by atoms with Gasteiger partial charge in [-0.15, -0.1) is 0 Å². The van der Waals surface area contributed by atoms with Crippen molar-refractivity contribution >= 4 is 29.2 Å². The highest BCUT2D eigenvalue weighted by Gasteiger charge is 2.30. The van der Waals surface area contributed by atoms with E-state index in [1.165, 1.54) is 18.2 Å². The third kappa shape index (κ3) is 7.19. The van der Waals surface area contributed by atoms with E-state index in [0.29, 0.717) is 36.4 Å². The summed E-state index contributed by atoms with van der Waals surface area (Å²) in [7, 11) is 3.29. The van der Waals surface area contributed by atoms with Crippen LogP contribution in [0.25, 0.3) is 0 Å². The van der Waals surface area contributed by atoms with Crippen LogP contribution >= 0.6 is 0 Å². The summed E-state index contributed by atoms with van der Waals surface area (Å²) in [6.07, 6.45) is 0.0857. The van der Waals surface area contributed by atoms with Gasteiger partial charge < -0.3 is 29.9 Å². The van der Waals surface area contributed by atoms with Crippen LogP contribution in [0.2, 0.25) is 0 Å². The zero-order valence-corrected chi connectivity index (χ0v) is 21.9. The molecule has 3 rings (SSSR count). The van der Waals surface area contributed by atoms with Crippen LogP contribution in [-0.2, 0) is 9.53 Å². The molecule has 3 atom stereocenters. The highest BCUT2D eigenvalue weighted by Crippen LogP contribution is 2.27. The van der Waals surface area contributed by atoms with Crippen molar-refractivity contribution in [2.75, 3.05) is 44.5 Å². The number of fused-ring (bicyclic) bond motifs is 1. The Labute approximate surface area is 216 Å². The van der Waals surface area contributed by atoms with Gasteiger partial charge in [0, 0.05) is 57.0 Å². The van der Waals surface area contributed by atoms with Gasteiger partial charge in [0.2, 0.25) is 5.91 Å². The lowest BCUT2D eigenvalue weighted by molar-refractivity contribution is -0.135. The number of urea groups is 1. The third-order valence-corrected chi connectivity index (χ3v) is 6.41. The maximum atomic E-state index is 13.4. The lowest BCUT2D eigenvalue weighted by Gasteiger charge is -2.36. The predicted octanol–water partition coefficient (Wildman–Crippen LogP) is 4.21. The van der Waals surface area contributed by atoms with Gasteiger partial charge in [0.25, 0.3) is 5.91 Å². The molecule has 2 aromatic rings. The zero-order chi connectivity index (χ0) is 27.1. The molecule has 0 aliphatic carbocycles. The van der Waals surface area contributed by atoms with Gasteiger partial charge >= 0.3 is 6.03 Å². The number of carbonyl (C=O) groups excluding carboxylic acids is 3. The number of rotatable bonds is 4. The van der Waals surface area contributed by atoms with Crippen LogP contribution in [0, 0.1) is 11.7 Å². The summed E-state index contributed by atoms with van der Waals surface area (Å²) in [6.45, 7) is 6.66. The summed E-state index contributed by atoms with van der Waals surface area (Å²) < 4.78 is 25.2. The van der Waals surface area contributed by atoms with Gasteiger partial charge in [0.15, 0.2) is 0 Å². The molecule has 0 fully saturated rings. The predicted molar refractivity (Wildman–Crippen MR) is 139 cm³/mol. The van der Waals surface area contributed by atoms with Crippen LogP contribution in [0.15, 0.2) is 42.5 Å². The van der Waals surface area contributed by atoms with E-state index in [1.807, 2.05) is 20.8 Å². The SMILES string of the molecule is CCC(=O)N1C[C@@H](C)[C@H](OC)CN(C)C(=O)c2ccc(NC(=O)Nc3cccc(F)c3)cc2OC[C@@H]1C. The summed E-state index contributed by atoms with van der Waals surface area (Å²) in [6, 6.07) is 9.45. The van der Waals surface area contributed by atoms with Crippen LogP contribution < -0.4 is 15.4 Å². The van der Waals surface area contributed by atoms with Gasteiger partial charge in [0.05, 0.1) is 17.7 Å². The van der Waals surface area contributed by atoms with E-state index >= 15 is 0 Å². The Morgan fingerprint density at radius 1 is 1.11 bits per heavy atom. The van der Waals surface area contributed by atoms with E-state index in [9.17, 15) is 18.8 Å². The van der Waals surface area contributed by atoms with Crippen LogP contribution in [0.5, 0.6) is 5.75 Å². The van der Waals surface area contributed by atoms with Gasteiger partial charge in [-0.1, -0.05) is 19.9 Å². The average molecular weight is 515 g/mol. The number of nitrogens with one attached hydrogen (secondary N) is 2. The number of carbonyl (C=O) groups is 3. The third-order valence-electron chi connectivity index (χ3n) is 6.41. The second kappa shape index (κ2) is 12.5. The van der Waals surface area contributed by atoms with Crippen molar-refractivity contribution in [1.29, 1.82) is 0 Å².